The normalized spacial score (nSPS) is 11.1. The third-order valence-electron chi connectivity index (χ3n) is 5.03. The number of alkyl halides is 3. The van der Waals surface area contributed by atoms with Gasteiger partial charge in [-0.15, -0.1) is 5.10 Å². The zero-order chi connectivity index (χ0) is 25.7. The third kappa shape index (κ3) is 5.74. The van der Waals surface area contributed by atoms with Crippen LogP contribution in [0, 0.1) is 0 Å². The molecule has 0 bridgehead atoms. The van der Waals surface area contributed by atoms with Crippen LogP contribution < -0.4 is 20.1 Å². The summed E-state index contributed by atoms with van der Waals surface area (Å²) in [6.07, 6.45) is -4.45. The number of amides is 2. The van der Waals surface area contributed by atoms with Crippen molar-refractivity contribution in [2.45, 2.75) is 13.1 Å². The minimum absolute atomic E-state index is 0.0722. The van der Waals surface area contributed by atoms with Crippen LogP contribution in [0.25, 0.3) is 17.1 Å². The summed E-state index contributed by atoms with van der Waals surface area (Å²) in [5, 5.41) is 9.81. The van der Waals surface area contributed by atoms with Crippen molar-refractivity contribution in [3.8, 4) is 28.8 Å². The van der Waals surface area contributed by atoms with Crippen molar-refractivity contribution < 1.29 is 27.4 Å². The molecule has 4 rings (SSSR count). The fourth-order valence-corrected chi connectivity index (χ4v) is 3.34. The average molecular weight is 497 g/mol. The molecule has 0 radical (unpaired) electrons. The standard InChI is InChI=1S/C25H22F3N5O3/c1-3-36-24-31-22(16-7-9-17(10-8-16)25(26,27)28)33(32-24)20-6-4-5-19(15-20)30-23(34)29-18-11-13-21(35-2)14-12-18/h4-15H,3H2,1-2H3,(H2,29,30,34). The molecule has 36 heavy (non-hydrogen) atoms. The first-order valence-electron chi connectivity index (χ1n) is 10.9. The summed E-state index contributed by atoms with van der Waals surface area (Å²) in [5.41, 5.74) is 1.20. The number of halogens is 3. The van der Waals surface area contributed by atoms with Crippen molar-refractivity contribution in [1.29, 1.82) is 0 Å². The van der Waals surface area contributed by atoms with Gasteiger partial charge in [-0.2, -0.15) is 18.2 Å². The van der Waals surface area contributed by atoms with Crippen LogP contribution in [-0.4, -0.2) is 34.5 Å². The number of ether oxygens (including phenoxy) is 2. The van der Waals surface area contributed by atoms with E-state index in [0.29, 0.717) is 35.0 Å². The molecule has 0 fully saturated rings. The summed E-state index contributed by atoms with van der Waals surface area (Å²) in [5.74, 6) is 0.948. The molecule has 0 saturated heterocycles. The summed E-state index contributed by atoms with van der Waals surface area (Å²) in [6.45, 7) is 2.08. The number of urea groups is 1. The molecule has 11 heteroatoms. The summed E-state index contributed by atoms with van der Waals surface area (Å²) < 4.78 is 50.9. The van der Waals surface area contributed by atoms with E-state index in [0.717, 1.165) is 12.1 Å². The molecule has 0 atom stereocenters. The predicted octanol–water partition coefficient (Wildman–Crippen LogP) is 6.00. The van der Waals surface area contributed by atoms with E-state index in [4.69, 9.17) is 9.47 Å². The van der Waals surface area contributed by atoms with Gasteiger partial charge in [-0.25, -0.2) is 9.48 Å². The fourth-order valence-electron chi connectivity index (χ4n) is 3.34. The van der Waals surface area contributed by atoms with Crippen LogP contribution in [0.5, 0.6) is 11.8 Å². The number of hydrogen-bond donors (Lipinski definition) is 2. The Morgan fingerprint density at radius 2 is 1.67 bits per heavy atom. The molecular weight excluding hydrogens is 475 g/mol. The van der Waals surface area contributed by atoms with Crippen LogP contribution >= 0.6 is 0 Å². The molecule has 0 aliphatic carbocycles. The third-order valence-corrected chi connectivity index (χ3v) is 5.03. The second-order valence-electron chi connectivity index (χ2n) is 7.50. The number of carbonyl (C=O) groups excluding carboxylic acids is 1. The van der Waals surface area contributed by atoms with Gasteiger partial charge in [-0.1, -0.05) is 18.2 Å². The topological polar surface area (TPSA) is 90.3 Å². The molecule has 0 spiro atoms. The molecule has 0 aliphatic rings. The highest BCUT2D eigenvalue weighted by Crippen LogP contribution is 2.32. The molecule has 0 unspecified atom stereocenters. The van der Waals surface area contributed by atoms with Gasteiger partial charge in [0, 0.05) is 16.9 Å². The van der Waals surface area contributed by atoms with Gasteiger partial charge in [0.2, 0.25) is 0 Å². The molecule has 1 aromatic heterocycles. The van der Waals surface area contributed by atoms with Crippen molar-refractivity contribution in [2.24, 2.45) is 0 Å². The minimum Gasteiger partial charge on any atom is -0.497 e. The number of benzene rings is 3. The largest absolute Gasteiger partial charge is 0.497 e. The highest BCUT2D eigenvalue weighted by Gasteiger charge is 2.30. The first kappa shape index (κ1) is 24.6. The number of methoxy groups -OCH3 is 1. The minimum atomic E-state index is -4.45. The quantitative estimate of drug-likeness (QED) is 0.327. The van der Waals surface area contributed by atoms with Gasteiger partial charge in [0.1, 0.15) is 5.75 Å². The first-order valence-corrected chi connectivity index (χ1v) is 10.9. The van der Waals surface area contributed by atoms with E-state index < -0.39 is 17.8 Å². The van der Waals surface area contributed by atoms with E-state index >= 15 is 0 Å². The van der Waals surface area contributed by atoms with Gasteiger partial charge in [0.15, 0.2) is 5.82 Å². The number of rotatable bonds is 7. The van der Waals surface area contributed by atoms with Gasteiger partial charge in [0.25, 0.3) is 0 Å². The number of anilines is 2. The molecule has 8 nitrogen and oxygen atoms in total. The number of aromatic nitrogens is 3. The Morgan fingerprint density at radius 3 is 2.31 bits per heavy atom. The van der Waals surface area contributed by atoms with Crippen molar-refractivity contribution in [3.63, 3.8) is 0 Å². The van der Waals surface area contributed by atoms with E-state index in [2.05, 4.69) is 20.7 Å². The SMILES string of the molecule is CCOc1nc(-c2ccc(C(F)(F)F)cc2)n(-c2cccc(NC(=O)Nc3ccc(OC)cc3)c2)n1. The Balaban J connectivity index is 1.59. The maximum absolute atomic E-state index is 13.0. The number of nitrogens with zero attached hydrogens (tertiary/aromatic N) is 3. The lowest BCUT2D eigenvalue weighted by molar-refractivity contribution is -0.137. The second-order valence-corrected chi connectivity index (χ2v) is 7.50. The number of nitrogens with one attached hydrogen (secondary N) is 2. The molecule has 4 aromatic rings. The molecule has 0 aliphatic heterocycles. The molecule has 1 heterocycles. The average Bonchev–Trinajstić information content (AvgIpc) is 3.28. The highest BCUT2D eigenvalue weighted by atomic mass is 19.4. The second kappa shape index (κ2) is 10.4. The molecular formula is C25H22F3N5O3. The van der Waals surface area contributed by atoms with Crippen LogP contribution in [0.3, 0.4) is 0 Å². The van der Waals surface area contributed by atoms with Gasteiger partial charge in [0.05, 0.1) is 25.0 Å². The van der Waals surface area contributed by atoms with Crippen molar-refractivity contribution >= 4 is 17.4 Å². The van der Waals surface area contributed by atoms with Crippen LogP contribution in [0.1, 0.15) is 12.5 Å². The molecule has 186 valence electrons. The maximum atomic E-state index is 13.0. The van der Waals surface area contributed by atoms with E-state index in [1.54, 1.807) is 62.6 Å². The summed E-state index contributed by atoms with van der Waals surface area (Å²) in [6, 6.07) is 17.9. The maximum Gasteiger partial charge on any atom is 0.416 e. The van der Waals surface area contributed by atoms with Crippen molar-refractivity contribution in [2.75, 3.05) is 24.4 Å². The van der Waals surface area contributed by atoms with Crippen molar-refractivity contribution in [1.82, 2.24) is 14.8 Å². The number of hydrogen-bond acceptors (Lipinski definition) is 5. The Morgan fingerprint density at radius 1 is 0.972 bits per heavy atom. The first-order chi connectivity index (χ1) is 17.3. The fraction of sp³-hybridized carbons (Fsp3) is 0.160. The monoisotopic (exact) mass is 497 g/mol. The zero-order valence-corrected chi connectivity index (χ0v) is 19.3. The zero-order valence-electron chi connectivity index (χ0n) is 19.3. The van der Waals surface area contributed by atoms with Crippen molar-refractivity contribution in [3.05, 3.63) is 78.4 Å². The molecule has 2 N–H and O–H groups in total. The van der Waals surface area contributed by atoms with E-state index in [1.165, 1.54) is 16.8 Å². The summed E-state index contributed by atoms with van der Waals surface area (Å²) in [7, 11) is 1.55. The van der Waals surface area contributed by atoms with E-state index in [9.17, 15) is 18.0 Å². The van der Waals surface area contributed by atoms with E-state index in [1.807, 2.05) is 0 Å². The van der Waals surface area contributed by atoms with Crippen LogP contribution in [-0.2, 0) is 6.18 Å². The molecule has 2 amide bonds. The smallest absolute Gasteiger partial charge is 0.416 e. The summed E-state index contributed by atoms with van der Waals surface area (Å²) in [4.78, 5) is 16.8. The lowest BCUT2D eigenvalue weighted by Gasteiger charge is -2.11. The highest BCUT2D eigenvalue weighted by molar-refractivity contribution is 5.99. The van der Waals surface area contributed by atoms with Gasteiger partial charge in [-0.05, 0) is 61.5 Å². The lowest BCUT2D eigenvalue weighted by atomic mass is 10.1. The predicted molar refractivity (Wildman–Crippen MR) is 129 cm³/mol. The summed E-state index contributed by atoms with van der Waals surface area (Å²) >= 11 is 0. The Bertz CT molecular complexity index is 1340. The number of carbonyl (C=O) groups is 1. The lowest BCUT2D eigenvalue weighted by Crippen LogP contribution is -2.19. The van der Waals surface area contributed by atoms with Crippen LogP contribution in [0.15, 0.2) is 72.8 Å². The molecule has 3 aromatic carbocycles. The Labute approximate surface area is 204 Å². The Kier molecular flexibility index (Phi) is 7.09. The van der Waals surface area contributed by atoms with Crippen LogP contribution in [0.4, 0.5) is 29.3 Å². The van der Waals surface area contributed by atoms with E-state index in [-0.39, 0.29) is 11.8 Å². The Hall–Kier alpha value is -4.54. The van der Waals surface area contributed by atoms with Gasteiger partial charge in [-0.3, -0.25) is 0 Å². The van der Waals surface area contributed by atoms with Crippen LogP contribution in [0.2, 0.25) is 0 Å². The van der Waals surface area contributed by atoms with Gasteiger partial charge >= 0.3 is 18.2 Å². The molecule has 0 saturated carbocycles. The van der Waals surface area contributed by atoms with Gasteiger partial charge < -0.3 is 20.1 Å².